The molecule has 4 N–H and O–H groups in total. The molecule has 0 aromatic carbocycles. The Balaban J connectivity index is 1.95. The van der Waals surface area contributed by atoms with E-state index in [1.165, 1.54) is 5.57 Å². The molecule has 0 saturated heterocycles. The second-order valence-corrected chi connectivity index (χ2v) is 9.49. The first-order valence-electron chi connectivity index (χ1n) is 9.48. The topological polar surface area (TPSA) is 80.9 Å². The molecule has 2 fully saturated rings. The maximum atomic E-state index is 10.5. The van der Waals surface area contributed by atoms with Crippen molar-refractivity contribution < 1.29 is 20.4 Å². The van der Waals surface area contributed by atoms with Crippen molar-refractivity contribution >= 4 is 0 Å². The summed E-state index contributed by atoms with van der Waals surface area (Å²) in [5, 5.41) is 40.1. The second-order valence-electron chi connectivity index (χ2n) is 9.49. The van der Waals surface area contributed by atoms with E-state index >= 15 is 0 Å². The lowest BCUT2D eigenvalue weighted by Crippen LogP contribution is -2.56. The van der Waals surface area contributed by atoms with Gasteiger partial charge in [-0.2, -0.15) is 0 Å². The number of aliphatic hydroxyl groups excluding tert-OH is 4. The average Bonchev–Trinajstić information content (AvgIpc) is 2.52. The van der Waals surface area contributed by atoms with Gasteiger partial charge in [-0.05, 0) is 61.2 Å². The molecule has 7 atom stereocenters. The molecule has 0 aliphatic heterocycles. The lowest BCUT2D eigenvalue weighted by molar-refractivity contribution is -0.134. The van der Waals surface area contributed by atoms with E-state index in [1.54, 1.807) is 0 Å². The fourth-order valence-electron chi connectivity index (χ4n) is 6.46. The second kappa shape index (κ2) is 6.08. The third-order valence-electron chi connectivity index (χ3n) is 7.76. The van der Waals surface area contributed by atoms with E-state index in [1.807, 2.05) is 6.92 Å². The van der Waals surface area contributed by atoms with E-state index in [4.69, 9.17) is 0 Å². The first-order valence-corrected chi connectivity index (χ1v) is 9.48. The monoisotopic (exact) mass is 338 g/mol. The SMILES string of the molecule is C[C@@]1(CO)C[C@@H](O)C[C@]2(C)[C@H]3CC[C@](C)([C@H](O)CO)C=C3CC[C@@H]12. The maximum Gasteiger partial charge on any atom is 0.0858 e. The quantitative estimate of drug-likeness (QED) is 0.595. The van der Waals surface area contributed by atoms with E-state index in [-0.39, 0.29) is 35.6 Å². The van der Waals surface area contributed by atoms with Crippen LogP contribution < -0.4 is 0 Å². The summed E-state index contributed by atoms with van der Waals surface area (Å²) >= 11 is 0. The van der Waals surface area contributed by atoms with E-state index in [9.17, 15) is 20.4 Å². The zero-order chi connectivity index (χ0) is 17.8. The standard InChI is InChI=1S/C20H34O4/c1-18(17(24)11-21)7-6-15-13(8-18)4-5-16-19(2,12-22)9-14(23)10-20(15,16)3/h8,14-17,21-24H,4-7,9-12H2,1-3H3/t14-,15+,16+,17-,18+,19+,20-/m1/s1. The van der Waals surface area contributed by atoms with E-state index in [2.05, 4.69) is 19.9 Å². The minimum atomic E-state index is -0.712. The predicted octanol–water partition coefficient (Wildman–Crippen LogP) is 2.25. The van der Waals surface area contributed by atoms with Crippen LogP contribution in [0.3, 0.4) is 0 Å². The zero-order valence-electron chi connectivity index (χ0n) is 15.3. The number of hydrogen-bond acceptors (Lipinski definition) is 4. The molecule has 138 valence electrons. The Morgan fingerprint density at radius 2 is 1.88 bits per heavy atom. The van der Waals surface area contributed by atoms with Crippen molar-refractivity contribution in [1.82, 2.24) is 0 Å². The van der Waals surface area contributed by atoms with Gasteiger partial charge in [0, 0.05) is 12.0 Å². The van der Waals surface area contributed by atoms with Crippen LogP contribution in [0.4, 0.5) is 0 Å². The van der Waals surface area contributed by atoms with Gasteiger partial charge in [0.25, 0.3) is 0 Å². The molecular formula is C20H34O4. The summed E-state index contributed by atoms with van der Waals surface area (Å²) in [6.07, 6.45) is 6.54. The highest BCUT2D eigenvalue weighted by atomic mass is 16.3. The Morgan fingerprint density at radius 3 is 2.50 bits per heavy atom. The molecule has 3 rings (SSSR count). The van der Waals surface area contributed by atoms with Crippen LogP contribution in [0.15, 0.2) is 11.6 Å². The molecule has 4 nitrogen and oxygen atoms in total. The molecule has 3 aliphatic rings. The molecule has 0 amide bonds. The van der Waals surface area contributed by atoms with Gasteiger partial charge in [0.1, 0.15) is 0 Å². The number of fused-ring (bicyclic) bond motifs is 3. The van der Waals surface area contributed by atoms with Gasteiger partial charge >= 0.3 is 0 Å². The Morgan fingerprint density at radius 1 is 1.17 bits per heavy atom. The average molecular weight is 338 g/mol. The summed E-state index contributed by atoms with van der Waals surface area (Å²) < 4.78 is 0. The van der Waals surface area contributed by atoms with Gasteiger partial charge in [0.05, 0.1) is 18.8 Å². The van der Waals surface area contributed by atoms with Crippen LogP contribution in [0.5, 0.6) is 0 Å². The highest BCUT2D eigenvalue weighted by Gasteiger charge is 2.57. The van der Waals surface area contributed by atoms with Crippen molar-refractivity contribution in [3.63, 3.8) is 0 Å². The molecule has 3 aliphatic carbocycles. The molecule has 2 saturated carbocycles. The fourth-order valence-corrected chi connectivity index (χ4v) is 6.46. The van der Waals surface area contributed by atoms with Crippen molar-refractivity contribution in [1.29, 1.82) is 0 Å². The zero-order valence-corrected chi connectivity index (χ0v) is 15.3. The minimum Gasteiger partial charge on any atom is -0.396 e. The molecule has 0 heterocycles. The minimum absolute atomic E-state index is 0.00469. The van der Waals surface area contributed by atoms with Crippen LogP contribution >= 0.6 is 0 Å². The first kappa shape index (κ1) is 18.4. The van der Waals surface area contributed by atoms with E-state index in [0.29, 0.717) is 18.3 Å². The summed E-state index contributed by atoms with van der Waals surface area (Å²) in [5.74, 6) is 0.837. The molecule has 0 spiro atoms. The molecule has 24 heavy (non-hydrogen) atoms. The summed E-state index contributed by atoms with van der Waals surface area (Å²) in [6, 6.07) is 0. The Labute approximate surface area is 145 Å². The van der Waals surface area contributed by atoms with E-state index < -0.39 is 6.10 Å². The van der Waals surface area contributed by atoms with Crippen LogP contribution in [0.1, 0.15) is 59.3 Å². The van der Waals surface area contributed by atoms with Gasteiger partial charge in [-0.3, -0.25) is 0 Å². The summed E-state index contributed by atoms with van der Waals surface area (Å²) in [7, 11) is 0. The smallest absolute Gasteiger partial charge is 0.0858 e. The Kier molecular flexibility index (Phi) is 4.66. The maximum absolute atomic E-state index is 10.5. The van der Waals surface area contributed by atoms with Crippen molar-refractivity contribution in [2.75, 3.05) is 13.2 Å². The summed E-state index contributed by atoms with van der Waals surface area (Å²) in [4.78, 5) is 0. The van der Waals surface area contributed by atoms with Crippen molar-refractivity contribution in [2.24, 2.45) is 28.1 Å². The van der Waals surface area contributed by atoms with Crippen LogP contribution in [0.2, 0.25) is 0 Å². The highest BCUT2D eigenvalue weighted by molar-refractivity contribution is 5.25. The summed E-state index contributed by atoms with van der Waals surface area (Å²) in [5.41, 5.74) is 0.843. The molecule has 0 bridgehead atoms. The van der Waals surface area contributed by atoms with Crippen LogP contribution in [-0.4, -0.2) is 45.8 Å². The number of hydrogen-bond donors (Lipinski definition) is 4. The van der Waals surface area contributed by atoms with Crippen molar-refractivity contribution in [2.45, 2.75) is 71.5 Å². The van der Waals surface area contributed by atoms with Crippen molar-refractivity contribution in [3.8, 4) is 0 Å². The lowest BCUT2D eigenvalue weighted by Gasteiger charge is -2.61. The van der Waals surface area contributed by atoms with Gasteiger partial charge < -0.3 is 20.4 Å². The van der Waals surface area contributed by atoms with Gasteiger partial charge in [-0.1, -0.05) is 32.4 Å². The summed E-state index contributed by atoms with van der Waals surface area (Å²) in [6.45, 7) is 6.41. The van der Waals surface area contributed by atoms with Crippen molar-refractivity contribution in [3.05, 3.63) is 11.6 Å². The molecule has 4 heteroatoms. The van der Waals surface area contributed by atoms with Crippen LogP contribution in [0.25, 0.3) is 0 Å². The van der Waals surface area contributed by atoms with Crippen LogP contribution in [0, 0.1) is 28.1 Å². The number of aliphatic hydroxyl groups is 4. The Hall–Kier alpha value is -0.420. The lowest BCUT2D eigenvalue weighted by atomic mass is 9.44. The Bertz CT molecular complexity index is 518. The van der Waals surface area contributed by atoms with Gasteiger partial charge in [-0.15, -0.1) is 0 Å². The molecule has 0 unspecified atom stereocenters. The van der Waals surface area contributed by atoms with Gasteiger partial charge in [0.15, 0.2) is 0 Å². The van der Waals surface area contributed by atoms with E-state index in [0.717, 1.165) is 32.1 Å². The van der Waals surface area contributed by atoms with Gasteiger partial charge in [-0.25, -0.2) is 0 Å². The highest BCUT2D eigenvalue weighted by Crippen LogP contribution is 2.63. The number of rotatable bonds is 3. The van der Waals surface area contributed by atoms with Gasteiger partial charge in [0.2, 0.25) is 0 Å². The largest absolute Gasteiger partial charge is 0.396 e. The normalized spacial score (nSPS) is 49.8. The molecule has 0 radical (unpaired) electrons. The van der Waals surface area contributed by atoms with Crippen LogP contribution in [-0.2, 0) is 0 Å². The third kappa shape index (κ3) is 2.66. The third-order valence-corrected chi connectivity index (χ3v) is 7.76. The molecular weight excluding hydrogens is 304 g/mol. The predicted molar refractivity (Wildman–Crippen MR) is 93.3 cm³/mol. The molecule has 0 aromatic heterocycles. The fraction of sp³-hybridized carbons (Fsp3) is 0.900. The number of allylic oxidation sites excluding steroid dienone is 1. The first-order chi connectivity index (χ1) is 11.2. The molecule has 0 aromatic rings.